The Hall–Kier alpha value is -3.10. The average molecular weight is 516 g/mol. The summed E-state index contributed by atoms with van der Waals surface area (Å²) in [5.41, 5.74) is 2.89. The van der Waals surface area contributed by atoms with Crippen molar-refractivity contribution in [3.63, 3.8) is 0 Å². The van der Waals surface area contributed by atoms with Gasteiger partial charge in [-0.15, -0.1) is 0 Å². The second kappa shape index (κ2) is 10.3. The average Bonchev–Trinajstić information content (AvgIpc) is 2.85. The predicted molar refractivity (Wildman–Crippen MR) is 137 cm³/mol. The van der Waals surface area contributed by atoms with Crippen molar-refractivity contribution in [2.75, 3.05) is 41.9 Å². The summed E-state index contributed by atoms with van der Waals surface area (Å²) in [7, 11) is -4.02. The monoisotopic (exact) mass is 515 g/mol. The molecular weight excluding hydrogens is 489 g/mol. The highest BCUT2D eigenvalue weighted by molar-refractivity contribution is 7.92. The first-order valence-corrected chi connectivity index (χ1v) is 13.1. The SMILES string of the molecule is Cc1ccc(S(=O)(=O)N(CC(=O)N2CCN(c3ccc(F)cc3)CC2)c2cc(Cl)ccc2C)cc1. The molecule has 0 spiro atoms. The van der Waals surface area contributed by atoms with Crippen LogP contribution in [0, 0.1) is 19.7 Å². The van der Waals surface area contributed by atoms with E-state index in [4.69, 9.17) is 11.6 Å². The molecule has 0 atom stereocenters. The maximum Gasteiger partial charge on any atom is 0.264 e. The lowest BCUT2D eigenvalue weighted by atomic mass is 10.2. The minimum absolute atomic E-state index is 0.108. The number of nitrogens with zero attached hydrogens (tertiary/aromatic N) is 3. The van der Waals surface area contributed by atoms with Crippen molar-refractivity contribution in [3.8, 4) is 0 Å². The van der Waals surface area contributed by atoms with Gasteiger partial charge in [0.05, 0.1) is 10.6 Å². The molecule has 0 N–H and O–H groups in total. The summed E-state index contributed by atoms with van der Waals surface area (Å²) in [6.07, 6.45) is 0. The maximum absolute atomic E-state index is 13.7. The van der Waals surface area contributed by atoms with Gasteiger partial charge in [0.2, 0.25) is 5.91 Å². The number of rotatable bonds is 6. The molecule has 9 heteroatoms. The van der Waals surface area contributed by atoms with Crippen LogP contribution in [0.2, 0.25) is 5.02 Å². The van der Waals surface area contributed by atoms with Crippen molar-refractivity contribution in [2.24, 2.45) is 0 Å². The fourth-order valence-corrected chi connectivity index (χ4v) is 5.71. The highest BCUT2D eigenvalue weighted by Crippen LogP contribution is 2.30. The fraction of sp³-hybridized carbons (Fsp3) is 0.269. The van der Waals surface area contributed by atoms with Crippen molar-refractivity contribution in [1.29, 1.82) is 0 Å². The van der Waals surface area contributed by atoms with Gasteiger partial charge < -0.3 is 9.80 Å². The number of carbonyl (C=O) groups is 1. The van der Waals surface area contributed by atoms with E-state index in [1.54, 1.807) is 66.4 Å². The molecule has 1 aliphatic heterocycles. The van der Waals surface area contributed by atoms with Crippen LogP contribution in [0.15, 0.2) is 71.6 Å². The Bertz CT molecular complexity index is 1310. The minimum Gasteiger partial charge on any atom is -0.368 e. The van der Waals surface area contributed by atoms with E-state index in [1.807, 2.05) is 6.92 Å². The Morgan fingerprint density at radius 3 is 2.20 bits per heavy atom. The smallest absolute Gasteiger partial charge is 0.264 e. The number of anilines is 2. The summed E-state index contributed by atoms with van der Waals surface area (Å²) in [6, 6.07) is 17.8. The van der Waals surface area contributed by atoms with E-state index in [1.165, 1.54) is 12.1 Å². The first-order valence-electron chi connectivity index (χ1n) is 11.3. The lowest BCUT2D eigenvalue weighted by molar-refractivity contribution is -0.129. The molecule has 1 heterocycles. The molecule has 6 nitrogen and oxygen atoms in total. The van der Waals surface area contributed by atoms with E-state index < -0.39 is 10.0 Å². The van der Waals surface area contributed by atoms with Crippen LogP contribution in [-0.4, -0.2) is 51.9 Å². The molecule has 1 aliphatic rings. The van der Waals surface area contributed by atoms with Gasteiger partial charge in [-0.3, -0.25) is 9.10 Å². The number of benzene rings is 3. The largest absolute Gasteiger partial charge is 0.368 e. The summed E-state index contributed by atoms with van der Waals surface area (Å²) >= 11 is 6.20. The molecule has 184 valence electrons. The molecule has 1 amide bonds. The summed E-state index contributed by atoms with van der Waals surface area (Å²) in [5, 5.41) is 0.384. The van der Waals surface area contributed by atoms with Crippen molar-refractivity contribution in [1.82, 2.24) is 4.90 Å². The highest BCUT2D eigenvalue weighted by atomic mass is 35.5. The Morgan fingerprint density at radius 2 is 1.57 bits per heavy atom. The number of amides is 1. The van der Waals surface area contributed by atoms with Gasteiger partial charge in [0.1, 0.15) is 12.4 Å². The van der Waals surface area contributed by atoms with E-state index >= 15 is 0 Å². The normalized spacial score (nSPS) is 14.2. The predicted octanol–water partition coefficient (Wildman–Crippen LogP) is 4.64. The summed E-state index contributed by atoms with van der Waals surface area (Å²) in [5.74, 6) is -0.590. The number of hydrogen-bond acceptors (Lipinski definition) is 4. The lowest BCUT2D eigenvalue weighted by Gasteiger charge is -2.37. The molecule has 0 bridgehead atoms. The molecule has 1 fully saturated rings. The fourth-order valence-electron chi connectivity index (χ4n) is 4.08. The number of hydrogen-bond donors (Lipinski definition) is 0. The van der Waals surface area contributed by atoms with Gasteiger partial charge in [0, 0.05) is 36.9 Å². The van der Waals surface area contributed by atoms with Crippen molar-refractivity contribution < 1.29 is 17.6 Å². The number of carbonyl (C=O) groups excluding carboxylic acids is 1. The molecule has 0 saturated carbocycles. The van der Waals surface area contributed by atoms with Gasteiger partial charge in [-0.2, -0.15) is 0 Å². The maximum atomic E-state index is 13.7. The van der Waals surface area contributed by atoms with Crippen LogP contribution in [0.25, 0.3) is 0 Å². The van der Waals surface area contributed by atoms with Crippen LogP contribution in [0.1, 0.15) is 11.1 Å². The Kier molecular flexibility index (Phi) is 7.33. The number of aryl methyl sites for hydroxylation is 2. The van der Waals surface area contributed by atoms with Gasteiger partial charge in [-0.05, 0) is 67.9 Å². The number of piperazine rings is 1. The summed E-state index contributed by atoms with van der Waals surface area (Å²) < 4.78 is 41.7. The molecular formula is C26H27ClFN3O3S. The van der Waals surface area contributed by atoms with Gasteiger partial charge in [0.15, 0.2) is 0 Å². The first kappa shape index (κ1) is 25.0. The zero-order chi connectivity index (χ0) is 25.2. The Morgan fingerprint density at radius 1 is 0.943 bits per heavy atom. The van der Waals surface area contributed by atoms with Crippen LogP contribution in [0.3, 0.4) is 0 Å². The zero-order valence-electron chi connectivity index (χ0n) is 19.6. The quantitative estimate of drug-likeness (QED) is 0.480. The lowest BCUT2D eigenvalue weighted by Crippen LogP contribution is -2.52. The van der Waals surface area contributed by atoms with Crippen molar-refractivity contribution in [3.05, 3.63) is 88.7 Å². The molecule has 3 aromatic carbocycles. The van der Waals surface area contributed by atoms with Crippen LogP contribution in [-0.2, 0) is 14.8 Å². The van der Waals surface area contributed by atoms with E-state index in [9.17, 15) is 17.6 Å². The third kappa shape index (κ3) is 5.60. The topological polar surface area (TPSA) is 60.9 Å². The number of sulfonamides is 1. The van der Waals surface area contributed by atoms with Crippen LogP contribution >= 0.6 is 11.6 Å². The Labute approximate surface area is 210 Å². The molecule has 4 rings (SSSR count). The molecule has 0 aromatic heterocycles. The van der Waals surface area contributed by atoms with Gasteiger partial charge in [-0.1, -0.05) is 35.4 Å². The molecule has 0 aliphatic carbocycles. The van der Waals surface area contributed by atoms with Crippen LogP contribution < -0.4 is 9.21 Å². The van der Waals surface area contributed by atoms with Crippen LogP contribution in [0.5, 0.6) is 0 Å². The summed E-state index contributed by atoms with van der Waals surface area (Å²) in [6.45, 7) is 5.33. The molecule has 0 radical (unpaired) electrons. The molecule has 0 unspecified atom stereocenters. The van der Waals surface area contributed by atoms with Gasteiger partial charge in [-0.25, -0.2) is 12.8 Å². The molecule has 35 heavy (non-hydrogen) atoms. The second-order valence-corrected chi connectivity index (χ2v) is 10.9. The molecule has 3 aromatic rings. The van der Waals surface area contributed by atoms with E-state index in [0.29, 0.717) is 42.5 Å². The molecule has 1 saturated heterocycles. The highest BCUT2D eigenvalue weighted by Gasteiger charge is 2.31. The zero-order valence-corrected chi connectivity index (χ0v) is 21.2. The van der Waals surface area contributed by atoms with Crippen molar-refractivity contribution >= 4 is 38.9 Å². The van der Waals surface area contributed by atoms with E-state index in [0.717, 1.165) is 15.6 Å². The van der Waals surface area contributed by atoms with Gasteiger partial charge >= 0.3 is 0 Å². The van der Waals surface area contributed by atoms with Crippen molar-refractivity contribution in [2.45, 2.75) is 18.7 Å². The summed E-state index contributed by atoms with van der Waals surface area (Å²) in [4.78, 5) is 17.2. The first-order chi connectivity index (χ1) is 16.6. The van der Waals surface area contributed by atoms with Crippen LogP contribution in [0.4, 0.5) is 15.8 Å². The van der Waals surface area contributed by atoms with E-state index in [-0.39, 0.29) is 23.2 Å². The Balaban J connectivity index is 1.56. The second-order valence-electron chi connectivity index (χ2n) is 8.60. The standard InChI is InChI=1S/C26H27ClFN3O3S/c1-19-3-11-24(12-4-19)35(33,34)31(25-17-21(27)6-5-20(25)2)18-26(32)30-15-13-29(14-16-30)23-9-7-22(28)8-10-23/h3-12,17H,13-16,18H2,1-2H3. The van der Waals surface area contributed by atoms with Gasteiger partial charge in [0.25, 0.3) is 10.0 Å². The minimum atomic E-state index is -4.02. The number of halogens is 2. The van der Waals surface area contributed by atoms with E-state index in [2.05, 4.69) is 4.90 Å². The third-order valence-electron chi connectivity index (χ3n) is 6.15. The third-order valence-corrected chi connectivity index (χ3v) is 8.16.